The summed E-state index contributed by atoms with van der Waals surface area (Å²) in [7, 11) is 0. The highest BCUT2D eigenvalue weighted by atomic mass is 35.5. The van der Waals surface area contributed by atoms with E-state index in [1.54, 1.807) is 0 Å². The number of benzene rings is 2. The fraction of sp³-hybridized carbons (Fsp3) is 0.435. The number of halogens is 1. The van der Waals surface area contributed by atoms with E-state index in [0.717, 1.165) is 24.2 Å². The summed E-state index contributed by atoms with van der Waals surface area (Å²) >= 11 is 0. The van der Waals surface area contributed by atoms with Crippen LogP contribution in [0.15, 0.2) is 54.6 Å². The van der Waals surface area contributed by atoms with Crippen LogP contribution < -0.4 is 11.1 Å². The summed E-state index contributed by atoms with van der Waals surface area (Å²) in [5, 5.41) is 3.03. The molecule has 158 valence electrons. The lowest BCUT2D eigenvalue weighted by atomic mass is 9.89. The molecule has 6 heteroatoms. The van der Waals surface area contributed by atoms with Crippen molar-refractivity contribution in [3.8, 4) is 0 Å². The van der Waals surface area contributed by atoms with E-state index in [1.807, 2.05) is 37.3 Å². The molecule has 1 amide bonds. The van der Waals surface area contributed by atoms with E-state index in [0.29, 0.717) is 44.7 Å². The maximum Gasteiger partial charge on any atom is 0.234 e. The normalized spacial score (nSPS) is 19.0. The molecule has 1 saturated heterocycles. The van der Waals surface area contributed by atoms with E-state index in [1.165, 1.54) is 5.56 Å². The first kappa shape index (κ1) is 23.4. The SMILES string of the molecule is CCOCc1ccc(CNC(=O)CN2C[C@@H](CN)[C@H](c3ccccc3)C2)cc1.Cl. The number of likely N-dealkylation sites (tertiary alicyclic amines) is 1. The van der Waals surface area contributed by atoms with E-state index >= 15 is 0 Å². The fourth-order valence-electron chi connectivity index (χ4n) is 3.84. The van der Waals surface area contributed by atoms with Gasteiger partial charge in [0, 0.05) is 32.2 Å². The predicted molar refractivity (Wildman–Crippen MR) is 119 cm³/mol. The molecule has 0 bridgehead atoms. The van der Waals surface area contributed by atoms with E-state index in [-0.39, 0.29) is 18.3 Å². The van der Waals surface area contributed by atoms with E-state index in [4.69, 9.17) is 10.5 Å². The Bertz CT molecular complexity index is 740. The maximum absolute atomic E-state index is 12.4. The number of carbonyl (C=O) groups excluding carboxylic acids is 1. The van der Waals surface area contributed by atoms with Crippen LogP contribution in [0.25, 0.3) is 0 Å². The average Bonchev–Trinajstić information content (AvgIpc) is 3.15. The molecular weight excluding hydrogens is 386 g/mol. The van der Waals surface area contributed by atoms with Gasteiger partial charge in [0.1, 0.15) is 0 Å². The third-order valence-electron chi connectivity index (χ3n) is 5.40. The first-order valence-electron chi connectivity index (χ1n) is 10.1. The van der Waals surface area contributed by atoms with Crippen LogP contribution in [0.2, 0.25) is 0 Å². The molecule has 2 atom stereocenters. The molecular formula is C23H32ClN3O2. The number of carbonyl (C=O) groups is 1. The summed E-state index contributed by atoms with van der Waals surface area (Å²) in [6, 6.07) is 18.7. The van der Waals surface area contributed by atoms with Crippen molar-refractivity contribution in [2.45, 2.75) is 26.0 Å². The minimum absolute atomic E-state index is 0. The molecule has 3 N–H and O–H groups in total. The fourth-order valence-corrected chi connectivity index (χ4v) is 3.84. The number of amides is 1. The molecule has 5 nitrogen and oxygen atoms in total. The molecule has 29 heavy (non-hydrogen) atoms. The second-order valence-electron chi connectivity index (χ2n) is 7.44. The van der Waals surface area contributed by atoms with Crippen molar-refractivity contribution in [2.24, 2.45) is 11.7 Å². The molecule has 0 aromatic heterocycles. The molecule has 0 radical (unpaired) electrons. The van der Waals surface area contributed by atoms with Crippen LogP contribution in [-0.2, 0) is 22.7 Å². The molecule has 1 aliphatic heterocycles. The molecule has 0 saturated carbocycles. The van der Waals surface area contributed by atoms with Gasteiger partial charge in [-0.3, -0.25) is 9.69 Å². The van der Waals surface area contributed by atoms with Gasteiger partial charge >= 0.3 is 0 Å². The third kappa shape index (κ3) is 6.82. The lowest BCUT2D eigenvalue weighted by molar-refractivity contribution is -0.122. The summed E-state index contributed by atoms with van der Waals surface area (Å²) in [5.74, 6) is 0.854. The zero-order valence-corrected chi connectivity index (χ0v) is 17.9. The van der Waals surface area contributed by atoms with Crippen LogP contribution >= 0.6 is 12.4 Å². The Hall–Kier alpha value is -1.92. The predicted octanol–water partition coefficient (Wildman–Crippen LogP) is 2.94. The molecule has 1 aliphatic rings. The molecule has 2 aromatic carbocycles. The molecule has 1 fully saturated rings. The molecule has 1 heterocycles. The second kappa shape index (κ2) is 11.9. The lowest BCUT2D eigenvalue weighted by Crippen LogP contribution is -2.36. The Labute approximate surface area is 180 Å². The number of rotatable bonds is 9. The number of ether oxygens (including phenoxy) is 1. The summed E-state index contributed by atoms with van der Waals surface area (Å²) in [4.78, 5) is 14.6. The summed E-state index contributed by atoms with van der Waals surface area (Å²) < 4.78 is 5.41. The smallest absolute Gasteiger partial charge is 0.234 e. The highest BCUT2D eigenvalue weighted by Gasteiger charge is 2.33. The molecule has 2 aromatic rings. The molecule has 3 rings (SSSR count). The van der Waals surface area contributed by atoms with Crippen LogP contribution in [0.5, 0.6) is 0 Å². The number of nitrogens with two attached hydrogens (primary N) is 1. The minimum Gasteiger partial charge on any atom is -0.377 e. The van der Waals surface area contributed by atoms with E-state index in [2.05, 4.69) is 34.5 Å². The first-order valence-corrected chi connectivity index (χ1v) is 10.1. The standard InChI is InChI=1S/C23H31N3O2.ClH/c1-2-28-17-19-10-8-18(9-11-19)13-25-23(27)16-26-14-21(12-24)22(15-26)20-6-4-3-5-7-20;/h3-11,21-22H,2,12-17,24H2,1H3,(H,25,27);1H/t21-,22+;/m1./s1. The first-order chi connectivity index (χ1) is 13.7. The lowest BCUT2D eigenvalue weighted by Gasteiger charge is -2.16. The van der Waals surface area contributed by atoms with E-state index < -0.39 is 0 Å². The Morgan fingerprint density at radius 3 is 2.45 bits per heavy atom. The Morgan fingerprint density at radius 1 is 1.10 bits per heavy atom. The van der Waals surface area contributed by atoms with Gasteiger partial charge in [-0.15, -0.1) is 12.4 Å². The average molecular weight is 418 g/mol. The minimum atomic E-state index is 0. The summed E-state index contributed by atoms with van der Waals surface area (Å²) in [6.07, 6.45) is 0. The van der Waals surface area contributed by atoms with Crippen LogP contribution in [0.1, 0.15) is 29.5 Å². The number of nitrogens with zero attached hydrogens (tertiary/aromatic N) is 1. The van der Waals surface area contributed by atoms with Gasteiger partial charge in [0.15, 0.2) is 0 Å². The zero-order valence-electron chi connectivity index (χ0n) is 17.0. The number of hydrogen-bond acceptors (Lipinski definition) is 4. The number of nitrogens with one attached hydrogen (secondary N) is 1. The van der Waals surface area contributed by atoms with Crippen LogP contribution in [0.3, 0.4) is 0 Å². The summed E-state index contributed by atoms with van der Waals surface area (Å²) in [6.45, 7) is 6.69. The van der Waals surface area contributed by atoms with E-state index in [9.17, 15) is 4.79 Å². The maximum atomic E-state index is 12.4. The topological polar surface area (TPSA) is 67.6 Å². The largest absolute Gasteiger partial charge is 0.377 e. The van der Waals surface area contributed by atoms with Crippen molar-refractivity contribution < 1.29 is 9.53 Å². The van der Waals surface area contributed by atoms with Crippen LogP contribution in [0, 0.1) is 5.92 Å². The van der Waals surface area contributed by atoms with Crippen molar-refractivity contribution in [3.05, 3.63) is 71.3 Å². The molecule has 0 aliphatic carbocycles. The quantitative estimate of drug-likeness (QED) is 0.658. The monoisotopic (exact) mass is 417 g/mol. The van der Waals surface area contributed by atoms with Gasteiger partial charge in [0.05, 0.1) is 13.2 Å². The highest BCUT2D eigenvalue weighted by molar-refractivity contribution is 5.85. The van der Waals surface area contributed by atoms with Crippen molar-refractivity contribution in [3.63, 3.8) is 0 Å². The van der Waals surface area contributed by atoms with Crippen molar-refractivity contribution in [2.75, 3.05) is 32.8 Å². The molecule has 0 unspecified atom stereocenters. The van der Waals surface area contributed by atoms with Gasteiger partial charge in [-0.2, -0.15) is 0 Å². The second-order valence-corrected chi connectivity index (χ2v) is 7.44. The Balaban J connectivity index is 0.00000300. The van der Waals surface area contributed by atoms with Crippen molar-refractivity contribution >= 4 is 18.3 Å². The van der Waals surface area contributed by atoms with Crippen LogP contribution in [0.4, 0.5) is 0 Å². The van der Waals surface area contributed by atoms with Gasteiger partial charge < -0.3 is 15.8 Å². The van der Waals surface area contributed by atoms with Gasteiger partial charge in [0.2, 0.25) is 5.91 Å². The van der Waals surface area contributed by atoms with Gasteiger partial charge in [-0.25, -0.2) is 0 Å². The van der Waals surface area contributed by atoms with Gasteiger partial charge in [-0.05, 0) is 36.1 Å². The van der Waals surface area contributed by atoms with Crippen LogP contribution in [-0.4, -0.2) is 43.6 Å². The van der Waals surface area contributed by atoms with Crippen molar-refractivity contribution in [1.29, 1.82) is 0 Å². The Kier molecular flexibility index (Phi) is 9.61. The summed E-state index contributed by atoms with van der Waals surface area (Å²) in [5.41, 5.74) is 9.55. The molecule has 0 spiro atoms. The van der Waals surface area contributed by atoms with Gasteiger partial charge in [-0.1, -0.05) is 54.6 Å². The number of hydrogen-bond donors (Lipinski definition) is 2. The highest BCUT2D eigenvalue weighted by Crippen LogP contribution is 2.31. The van der Waals surface area contributed by atoms with Crippen molar-refractivity contribution in [1.82, 2.24) is 10.2 Å². The Morgan fingerprint density at radius 2 is 1.79 bits per heavy atom. The third-order valence-corrected chi connectivity index (χ3v) is 5.40. The zero-order chi connectivity index (χ0) is 19.8. The van der Waals surface area contributed by atoms with Gasteiger partial charge in [0.25, 0.3) is 0 Å².